The molecule has 17 heavy (non-hydrogen) atoms. The Morgan fingerprint density at radius 1 is 1.18 bits per heavy atom. The molecule has 0 bridgehead atoms. The van der Waals surface area contributed by atoms with Crippen molar-refractivity contribution < 1.29 is 4.79 Å². The molecule has 3 heteroatoms. The Hall–Kier alpha value is -1.04. The number of rotatable bonds is 2. The van der Waals surface area contributed by atoms with Gasteiger partial charge in [-0.1, -0.05) is 27.7 Å². The standard InChI is InChI=1S/C14H22N2O/c1-12(2)10(13(12,3)4)11(17)16-14(9-15)7-5-6-8-14/h10H,5-8H2,1-4H3,(H,16,17). The second kappa shape index (κ2) is 3.48. The van der Waals surface area contributed by atoms with Gasteiger partial charge < -0.3 is 5.32 Å². The van der Waals surface area contributed by atoms with Gasteiger partial charge >= 0.3 is 0 Å². The fourth-order valence-corrected chi connectivity index (χ4v) is 3.40. The number of nitriles is 1. The van der Waals surface area contributed by atoms with E-state index in [-0.39, 0.29) is 22.7 Å². The summed E-state index contributed by atoms with van der Waals surface area (Å²) in [6.07, 6.45) is 3.71. The summed E-state index contributed by atoms with van der Waals surface area (Å²) in [6.45, 7) is 8.52. The van der Waals surface area contributed by atoms with Crippen LogP contribution in [0, 0.1) is 28.1 Å². The fourth-order valence-electron chi connectivity index (χ4n) is 3.40. The lowest BCUT2D eigenvalue weighted by Gasteiger charge is -2.22. The normalized spacial score (nSPS) is 28.4. The van der Waals surface area contributed by atoms with Crippen LogP contribution in [0.15, 0.2) is 0 Å². The van der Waals surface area contributed by atoms with Crippen molar-refractivity contribution in [2.45, 2.75) is 58.9 Å². The zero-order chi connectivity index (χ0) is 12.9. The number of nitrogens with one attached hydrogen (secondary N) is 1. The molecule has 0 unspecified atom stereocenters. The van der Waals surface area contributed by atoms with E-state index in [4.69, 9.17) is 0 Å². The second-order valence-electron chi connectivity index (χ2n) is 6.77. The number of hydrogen-bond acceptors (Lipinski definition) is 2. The van der Waals surface area contributed by atoms with Gasteiger partial charge in [-0.3, -0.25) is 4.79 Å². The van der Waals surface area contributed by atoms with E-state index in [2.05, 4.69) is 39.1 Å². The van der Waals surface area contributed by atoms with E-state index >= 15 is 0 Å². The van der Waals surface area contributed by atoms with Gasteiger partial charge in [-0.15, -0.1) is 0 Å². The summed E-state index contributed by atoms with van der Waals surface area (Å²) in [5, 5.41) is 12.3. The van der Waals surface area contributed by atoms with Gasteiger partial charge in [0, 0.05) is 5.92 Å². The lowest BCUT2D eigenvalue weighted by Crippen LogP contribution is -2.46. The summed E-state index contributed by atoms with van der Waals surface area (Å²) in [6, 6.07) is 2.31. The van der Waals surface area contributed by atoms with Crippen molar-refractivity contribution in [3.8, 4) is 6.07 Å². The van der Waals surface area contributed by atoms with Crippen LogP contribution < -0.4 is 5.32 Å². The van der Waals surface area contributed by atoms with Crippen molar-refractivity contribution in [1.29, 1.82) is 5.26 Å². The van der Waals surface area contributed by atoms with Crippen LogP contribution in [0.25, 0.3) is 0 Å². The third kappa shape index (κ3) is 1.66. The van der Waals surface area contributed by atoms with E-state index in [1.807, 2.05) is 0 Å². The monoisotopic (exact) mass is 234 g/mol. The second-order valence-corrected chi connectivity index (χ2v) is 6.77. The van der Waals surface area contributed by atoms with Crippen LogP contribution >= 0.6 is 0 Å². The Morgan fingerprint density at radius 3 is 2.00 bits per heavy atom. The highest BCUT2D eigenvalue weighted by Crippen LogP contribution is 2.68. The maximum Gasteiger partial charge on any atom is 0.225 e. The van der Waals surface area contributed by atoms with Gasteiger partial charge in [0.1, 0.15) is 5.54 Å². The Morgan fingerprint density at radius 2 is 1.65 bits per heavy atom. The van der Waals surface area contributed by atoms with Crippen LogP contribution in [0.3, 0.4) is 0 Å². The molecule has 2 aliphatic carbocycles. The number of carbonyl (C=O) groups is 1. The number of hydrogen-bond donors (Lipinski definition) is 1. The van der Waals surface area contributed by atoms with E-state index < -0.39 is 5.54 Å². The summed E-state index contributed by atoms with van der Waals surface area (Å²) in [5.74, 6) is 0.115. The molecule has 0 aliphatic heterocycles. The van der Waals surface area contributed by atoms with Gasteiger partial charge in [0.2, 0.25) is 5.91 Å². The first-order valence-electron chi connectivity index (χ1n) is 6.50. The lowest BCUT2D eigenvalue weighted by atomic mass is 9.99. The summed E-state index contributed by atoms with van der Waals surface area (Å²) < 4.78 is 0. The van der Waals surface area contributed by atoms with Crippen molar-refractivity contribution in [1.82, 2.24) is 5.32 Å². The van der Waals surface area contributed by atoms with Crippen LogP contribution in [-0.4, -0.2) is 11.4 Å². The first-order valence-corrected chi connectivity index (χ1v) is 6.50. The highest BCUT2D eigenvalue weighted by molar-refractivity contribution is 5.85. The van der Waals surface area contributed by atoms with Gasteiger partial charge in [0.15, 0.2) is 0 Å². The van der Waals surface area contributed by atoms with E-state index in [0.29, 0.717) is 0 Å². The molecule has 2 aliphatic rings. The molecule has 0 heterocycles. The molecular formula is C14H22N2O. The Bertz CT molecular complexity index is 370. The number of carbonyl (C=O) groups excluding carboxylic acids is 1. The van der Waals surface area contributed by atoms with Crippen molar-refractivity contribution >= 4 is 5.91 Å². The first kappa shape index (κ1) is 12.4. The van der Waals surface area contributed by atoms with Gasteiger partial charge in [0.25, 0.3) is 0 Å². The van der Waals surface area contributed by atoms with E-state index in [1.54, 1.807) is 0 Å². The molecule has 1 amide bonds. The molecule has 0 aromatic heterocycles. The lowest BCUT2D eigenvalue weighted by molar-refractivity contribution is -0.124. The molecular weight excluding hydrogens is 212 g/mol. The minimum atomic E-state index is -0.578. The van der Waals surface area contributed by atoms with Gasteiger partial charge in [-0.25, -0.2) is 0 Å². The third-order valence-corrected chi connectivity index (χ3v) is 5.32. The zero-order valence-corrected chi connectivity index (χ0v) is 11.3. The predicted molar refractivity (Wildman–Crippen MR) is 66.0 cm³/mol. The smallest absolute Gasteiger partial charge is 0.225 e. The largest absolute Gasteiger partial charge is 0.338 e. The van der Waals surface area contributed by atoms with Crippen molar-refractivity contribution in [2.75, 3.05) is 0 Å². The minimum absolute atomic E-state index is 0.0424. The summed E-state index contributed by atoms with van der Waals surface area (Å²) in [7, 11) is 0. The van der Waals surface area contributed by atoms with Crippen LogP contribution in [0.4, 0.5) is 0 Å². The predicted octanol–water partition coefficient (Wildman–Crippen LogP) is 2.62. The third-order valence-electron chi connectivity index (χ3n) is 5.32. The molecule has 0 atom stereocenters. The quantitative estimate of drug-likeness (QED) is 0.798. The maximum absolute atomic E-state index is 12.3. The fraction of sp³-hybridized carbons (Fsp3) is 0.857. The van der Waals surface area contributed by atoms with Gasteiger partial charge in [0.05, 0.1) is 6.07 Å². The highest BCUT2D eigenvalue weighted by Gasteiger charge is 2.68. The summed E-state index contributed by atoms with van der Waals surface area (Å²) in [5.41, 5.74) is -0.482. The highest BCUT2D eigenvalue weighted by atomic mass is 16.2. The maximum atomic E-state index is 12.3. The Labute approximate surface area is 104 Å². The van der Waals surface area contributed by atoms with E-state index in [0.717, 1.165) is 25.7 Å². The molecule has 0 aromatic rings. The molecule has 2 saturated carbocycles. The van der Waals surface area contributed by atoms with Crippen molar-refractivity contribution in [3.63, 3.8) is 0 Å². The van der Waals surface area contributed by atoms with Gasteiger partial charge in [-0.05, 0) is 36.5 Å². The van der Waals surface area contributed by atoms with E-state index in [1.165, 1.54) is 0 Å². The number of nitrogens with zero attached hydrogens (tertiary/aromatic N) is 1. The molecule has 2 fully saturated rings. The zero-order valence-electron chi connectivity index (χ0n) is 11.3. The van der Waals surface area contributed by atoms with Crippen LogP contribution in [-0.2, 0) is 4.79 Å². The van der Waals surface area contributed by atoms with Crippen molar-refractivity contribution in [2.24, 2.45) is 16.7 Å². The molecule has 0 saturated heterocycles. The number of amides is 1. The molecule has 0 aromatic carbocycles. The SMILES string of the molecule is CC1(C)C(C(=O)NC2(C#N)CCCC2)C1(C)C. The molecule has 0 spiro atoms. The summed E-state index contributed by atoms with van der Waals surface area (Å²) in [4.78, 5) is 12.3. The molecule has 3 nitrogen and oxygen atoms in total. The van der Waals surface area contributed by atoms with Gasteiger partial charge in [-0.2, -0.15) is 5.26 Å². The van der Waals surface area contributed by atoms with Crippen LogP contribution in [0.2, 0.25) is 0 Å². The topological polar surface area (TPSA) is 52.9 Å². The summed E-state index contributed by atoms with van der Waals surface area (Å²) >= 11 is 0. The molecule has 0 radical (unpaired) electrons. The molecule has 94 valence electrons. The average Bonchev–Trinajstić information content (AvgIpc) is 2.58. The van der Waals surface area contributed by atoms with E-state index in [9.17, 15) is 10.1 Å². The first-order chi connectivity index (χ1) is 7.77. The Kier molecular flexibility index (Phi) is 2.54. The van der Waals surface area contributed by atoms with Crippen molar-refractivity contribution in [3.05, 3.63) is 0 Å². The Balaban J connectivity index is 2.07. The van der Waals surface area contributed by atoms with Crippen LogP contribution in [0.5, 0.6) is 0 Å². The molecule has 2 rings (SSSR count). The minimum Gasteiger partial charge on any atom is -0.338 e. The molecule has 1 N–H and O–H groups in total. The van der Waals surface area contributed by atoms with Crippen LogP contribution in [0.1, 0.15) is 53.4 Å². The average molecular weight is 234 g/mol.